The summed E-state index contributed by atoms with van der Waals surface area (Å²) in [6.07, 6.45) is 0. The van der Waals surface area contributed by atoms with Crippen molar-refractivity contribution < 1.29 is 4.79 Å². The first kappa shape index (κ1) is 12.4. The van der Waals surface area contributed by atoms with E-state index in [1.54, 1.807) is 0 Å². The summed E-state index contributed by atoms with van der Waals surface area (Å²) in [6, 6.07) is 8.02. The lowest BCUT2D eigenvalue weighted by Gasteiger charge is -2.15. The number of anilines is 2. The van der Waals surface area contributed by atoms with Gasteiger partial charge in [0.05, 0.1) is 5.92 Å². The number of nitrogens with one attached hydrogen (secondary N) is 1. The highest BCUT2D eigenvalue weighted by Crippen LogP contribution is 2.17. The first-order chi connectivity index (χ1) is 7.50. The van der Waals surface area contributed by atoms with Crippen molar-refractivity contribution in [2.75, 3.05) is 30.9 Å². The number of hydrogen-bond donors (Lipinski definition) is 2. The van der Waals surface area contributed by atoms with Crippen LogP contribution in [0.15, 0.2) is 24.3 Å². The summed E-state index contributed by atoms with van der Waals surface area (Å²) in [5, 5.41) is 3.19. The second-order valence-corrected chi connectivity index (χ2v) is 4.13. The number of carbonyl (C=O) groups is 1. The van der Waals surface area contributed by atoms with Gasteiger partial charge in [-0.15, -0.1) is 0 Å². The van der Waals surface area contributed by atoms with Crippen molar-refractivity contribution in [3.63, 3.8) is 0 Å². The zero-order valence-corrected chi connectivity index (χ0v) is 10.0. The van der Waals surface area contributed by atoms with Gasteiger partial charge in [0, 0.05) is 32.0 Å². The fourth-order valence-corrected chi connectivity index (χ4v) is 1.27. The molecule has 16 heavy (non-hydrogen) atoms. The molecule has 88 valence electrons. The van der Waals surface area contributed by atoms with Crippen LogP contribution in [0, 0.1) is 5.92 Å². The molecule has 1 atom stereocenters. The minimum atomic E-state index is -0.281. The third-order valence-corrected chi connectivity index (χ3v) is 2.46. The third-order valence-electron chi connectivity index (χ3n) is 2.46. The van der Waals surface area contributed by atoms with E-state index < -0.39 is 0 Å². The van der Waals surface area contributed by atoms with Crippen LogP contribution in [-0.2, 0) is 4.79 Å². The van der Waals surface area contributed by atoms with Crippen LogP contribution in [0.3, 0.4) is 0 Å². The molecular formula is C12H19N3O. The number of carbonyl (C=O) groups excluding carboxylic acids is 1. The van der Waals surface area contributed by atoms with Gasteiger partial charge in [0.25, 0.3) is 0 Å². The first-order valence-electron chi connectivity index (χ1n) is 5.31. The number of benzene rings is 1. The Morgan fingerprint density at radius 2 is 2.19 bits per heavy atom. The summed E-state index contributed by atoms with van der Waals surface area (Å²) < 4.78 is 0. The maximum atomic E-state index is 10.9. The Morgan fingerprint density at radius 1 is 1.50 bits per heavy atom. The number of nitrogens with two attached hydrogens (primary N) is 1. The van der Waals surface area contributed by atoms with E-state index in [0.717, 1.165) is 11.4 Å². The smallest absolute Gasteiger partial charge is 0.222 e. The monoisotopic (exact) mass is 221 g/mol. The van der Waals surface area contributed by atoms with Gasteiger partial charge in [-0.05, 0) is 18.2 Å². The molecule has 0 spiro atoms. The number of hydrogen-bond acceptors (Lipinski definition) is 3. The largest absolute Gasteiger partial charge is 0.384 e. The molecule has 1 aromatic carbocycles. The van der Waals surface area contributed by atoms with Gasteiger partial charge in [-0.1, -0.05) is 13.0 Å². The summed E-state index contributed by atoms with van der Waals surface area (Å²) in [7, 11) is 3.98. The lowest BCUT2D eigenvalue weighted by atomic mass is 10.1. The summed E-state index contributed by atoms with van der Waals surface area (Å²) in [6.45, 7) is 2.37. The van der Waals surface area contributed by atoms with Crippen molar-refractivity contribution in [1.82, 2.24) is 0 Å². The molecule has 0 saturated carbocycles. The van der Waals surface area contributed by atoms with Gasteiger partial charge in [-0.25, -0.2) is 0 Å². The molecule has 0 aliphatic rings. The molecule has 0 aliphatic heterocycles. The average molecular weight is 221 g/mol. The first-order valence-corrected chi connectivity index (χ1v) is 5.31. The molecule has 1 aromatic rings. The molecule has 3 N–H and O–H groups in total. The lowest BCUT2D eigenvalue weighted by molar-refractivity contribution is -0.120. The zero-order valence-electron chi connectivity index (χ0n) is 10.0. The number of primary amides is 1. The van der Waals surface area contributed by atoms with E-state index in [0.29, 0.717) is 6.54 Å². The molecule has 0 fully saturated rings. The Morgan fingerprint density at radius 3 is 2.75 bits per heavy atom. The van der Waals surface area contributed by atoms with E-state index in [9.17, 15) is 4.79 Å². The molecule has 0 saturated heterocycles. The van der Waals surface area contributed by atoms with E-state index in [1.807, 2.05) is 50.2 Å². The molecule has 1 rings (SSSR count). The Bertz CT molecular complexity index is 363. The Hall–Kier alpha value is -1.71. The van der Waals surface area contributed by atoms with Gasteiger partial charge in [0.2, 0.25) is 5.91 Å². The van der Waals surface area contributed by atoms with Gasteiger partial charge in [0.1, 0.15) is 0 Å². The van der Waals surface area contributed by atoms with Crippen LogP contribution >= 0.6 is 0 Å². The van der Waals surface area contributed by atoms with Crippen molar-refractivity contribution in [1.29, 1.82) is 0 Å². The van der Waals surface area contributed by atoms with Crippen molar-refractivity contribution >= 4 is 17.3 Å². The van der Waals surface area contributed by atoms with Gasteiger partial charge in [-0.2, -0.15) is 0 Å². The SMILES string of the molecule is CC(CNc1cccc(N(C)C)c1)C(N)=O. The molecule has 0 aromatic heterocycles. The van der Waals surface area contributed by atoms with Gasteiger partial charge >= 0.3 is 0 Å². The number of amides is 1. The molecule has 0 bridgehead atoms. The predicted molar refractivity (Wildman–Crippen MR) is 67.6 cm³/mol. The minimum Gasteiger partial charge on any atom is -0.384 e. The standard InChI is InChI=1S/C12H19N3O/c1-9(12(13)16)8-14-10-5-4-6-11(7-10)15(2)3/h4-7,9,14H,8H2,1-3H3,(H2,13,16). The van der Waals surface area contributed by atoms with E-state index >= 15 is 0 Å². The van der Waals surface area contributed by atoms with Gasteiger partial charge in [-0.3, -0.25) is 4.79 Å². The Labute approximate surface area is 96.4 Å². The molecule has 4 heteroatoms. The van der Waals surface area contributed by atoms with Crippen molar-refractivity contribution in [3.8, 4) is 0 Å². The maximum absolute atomic E-state index is 10.9. The van der Waals surface area contributed by atoms with Crippen LogP contribution < -0.4 is 16.0 Å². The molecule has 1 unspecified atom stereocenters. The fraction of sp³-hybridized carbons (Fsp3) is 0.417. The van der Waals surface area contributed by atoms with Crippen LogP contribution in [-0.4, -0.2) is 26.5 Å². The Balaban J connectivity index is 2.60. The third kappa shape index (κ3) is 3.46. The molecular weight excluding hydrogens is 202 g/mol. The van der Waals surface area contributed by atoms with Crippen molar-refractivity contribution in [2.24, 2.45) is 11.7 Å². The second-order valence-electron chi connectivity index (χ2n) is 4.13. The van der Waals surface area contributed by atoms with Crippen molar-refractivity contribution in [3.05, 3.63) is 24.3 Å². The van der Waals surface area contributed by atoms with Crippen LogP contribution in [0.1, 0.15) is 6.92 Å². The molecule has 0 radical (unpaired) electrons. The maximum Gasteiger partial charge on any atom is 0.222 e. The second kappa shape index (κ2) is 5.39. The average Bonchev–Trinajstić information content (AvgIpc) is 2.26. The number of nitrogens with zero attached hydrogens (tertiary/aromatic N) is 1. The van der Waals surface area contributed by atoms with Crippen LogP contribution in [0.4, 0.5) is 11.4 Å². The molecule has 0 heterocycles. The predicted octanol–water partition coefficient (Wildman–Crippen LogP) is 1.29. The molecule has 1 amide bonds. The van der Waals surface area contributed by atoms with E-state index in [4.69, 9.17) is 5.73 Å². The summed E-state index contributed by atoms with van der Waals surface area (Å²) in [4.78, 5) is 12.9. The number of rotatable bonds is 5. The molecule has 4 nitrogen and oxygen atoms in total. The highest BCUT2D eigenvalue weighted by atomic mass is 16.1. The normalized spacial score (nSPS) is 11.9. The van der Waals surface area contributed by atoms with Crippen LogP contribution in [0.5, 0.6) is 0 Å². The highest BCUT2D eigenvalue weighted by molar-refractivity contribution is 5.76. The fourth-order valence-electron chi connectivity index (χ4n) is 1.27. The summed E-state index contributed by atoms with van der Waals surface area (Å²) >= 11 is 0. The van der Waals surface area contributed by atoms with E-state index in [-0.39, 0.29) is 11.8 Å². The summed E-state index contributed by atoms with van der Waals surface area (Å²) in [5.74, 6) is -0.445. The van der Waals surface area contributed by atoms with E-state index in [2.05, 4.69) is 5.32 Å². The van der Waals surface area contributed by atoms with E-state index in [1.165, 1.54) is 0 Å². The quantitative estimate of drug-likeness (QED) is 0.787. The molecule has 0 aliphatic carbocycles. The zero-order chi connectivity index (χ0) is 12.1. The highest BCUT2D eigenvalue weighted by Gasteiger charge is 2.07. The summed E-state index contributed by atoms with van der Waals surface area (Å²) in [5.41, 5.74) is 7.31. The van der Waals surface area contributed by atoms with Crippen molar-refractivity contribution in [2.45, 2.75) is 6.92 Å². The van der Waals surface area contributed by atoms with Gasteiger partial charge < -0.3 is 16.0 Å². The minimum absolute atomic E-state index is 0.164. The van der Waals surface area contributed by atoms with Crippen LogP contribution in [0.25, 0.3) is 0 Å². The van der Waals surface area contributed by atoms with Gasteiger partial charge in [0.15, 0.2) is 0 Å². The van der Waals surface area contributed by atoms with Crippen LogP contribution in [0.2, 0.25) is 0 Å². The topological polar surface area (TPSA) is 58.4 Å². The lowest BCUT2D eigenvalue weighted by Crippen LogP contribution is -2.26. The Kier molecular flexibility index (Phi) is 4.17.